The van der Waals surface area contributed by atoms with Gasteiger partial charge in [-0.25, -0.2) is 0 Å². The summed E-state index contributed by atoms with van der Waals surface area (Å²) in [6.07, 6.45) is 0. The van der Waals surface area contributed by atoms with Crippen LogP contribution in [0.25, 0.3) is 0 Å². The molecule has 0 unspecified atom stereocenters. The Morgan fingerprint density at radius 1 is 1.19 bits per heavy atom. The van der Waals surface area contributed by atoms with E-state index in [2.05, 4.69) is 26.6 Å². The van der Waals surface area contributed by atoms with Crippen molar-refractivity contribution in [3.8, 4) is 5.75 Å². The number of rotatable bonds is 6. The lowest BCUT2D eigenvalue weighted by Gasteiger charge is -2.09. The smallest absolute Gasteiger partial charge is 0.239 e. The zero-order valence-corrected chi connectivity index (χ0v) is 13.3. The Kier molecular flexibility index (Phi) is 5.63. The van der Waals surface area contributed by atoms with Crippen molar-refractivity contribution in [1.29, 1.82) is 0 Å². The largest absolute Gasteiger partial charge is 0.496 e. The summed E-state index contributed by atoms with van der Waals surface area (Å²) in [7, 11) is 1.62. The average Bonchev–Trinajstić information content (AvgIpc) is 2.52. The predicted octanol–water partition coefficient (Wildman–Crippen LogP) is 3.19. The first-order valence-corrected chi connectivity index (χ1v) is 7.36. The molecule has 1 amide bonds. The Morgan fingerprint density at radius 3 is 2.62 bits per heavy atom. The van der Waals surface area contributed by atoms with Crippen molar-refractivity contribution >= 4 is 27.5 Å². The van der Waals surface area contributed by atoms with Crippen molar-refractivity contribution in [3.05, 3.63) is 58.6 Å². The van der Waals surface area contributed by atoms with Crippen LogP contribution >= 0.6 is 15.9 Å². The second-order valence-corrected chi connectivity index (χ2v) is 5.32. The first-order chi connectivity index (χ1) is 10.2. The van der Waals surface area contributed by atoms with E-state index in [-0.39, 0.29) is 12.5 Å². The van der Waals surface area contributed by atoms with E-state index >= 15 is 0 Å². The number of amides is 1. The zero-order chi connectivity index (χ0) is 15.1. The summed E-state index contributed by atoms with van der Waals surface area (Å²) >= 11 is 3.41. The third-order valence-corrected chi connectivity index (χ3v) is 3.56. The first kappa shape index (κ1) is 15.4. The molecule has 0 aliphatic rings. The summed E-state index contributed by atoms with van der Waals surface area (Å²) in [5, 5.41) is 5.94. The number of benzene rings is 2. The van der Waals surface area contributed by atoms with Gasteiger partial charge in [-0.2, -0.15) is 0 Å². The maximum absolute atomic E-state index is 11.8. The Morgan fingerprint density at radius 2 is 1.95 bits per heavy atom. The number of methoxy groups -OCH3 is 1. The summed E-state index contributed by atoms with van der Waals surface area (Å²) < 4.78 is 6.01. The van der Waals surface area contributed by atoms with Gasteiger partial charge in [0.2, 0.25) is 5.91 Å². The Hall–Kier alpha value is -2.01. The van der Waals surface area contributed by atoms with Gasteiger partial charge < -0.3 is 15.4 Å². The molecule has 0 bridgehead atoms. The van der Waals surface area contributed by atoms with E-state index in [4.69, 9.17) is 4.74 Å². The van der Waals surface area contributed by atoms with Gasteiger partial charge in [0.05, 0.1) is 18.1 Å². The molecular weight excluding hydrogens is 332 g/mol. The van der Waals surface area contributed by atoms with Crippen LogP contribution in [0.3, 0.4) is 0 Å². The lowest BCUT2D eigenvalue weighted by molar-refractivity contribution is -0.119. The van der Waals surface area contributed by atoms with Crippen molar-refractivity contribution in [2.24, 2.45) is 0 Å². The van der Waals surface area contributed by atoms with Crippen LogP contribution in [-0.4, -0.2) is 19.6 Å². The molecule has 4 nitrogen and oxygen atoms in total. The number of carbonyl (C=O) groups excluding carboxylic acids is 1. The molecule has 0 fully saturated rings. The van der Waals surface area contributed by atoms with Crippen LogP contribution in [0.1, 0.15) is 5.56 Å². The molecule has 0 aliphatic heterocycles. The van der Waals surface area contributed by atoms with Crippen LogP contribution in [0, 0.1) is 0 Å². The van der Waals surface area contributed by atoms with E-state index in [0.29, 0.717) is 6.54 Å². The summed E-state index contributed by atoms with van der Waals surface area (Å²) in [5.41, 5.74) is 1.94. The highest BCUT2D eigenvalue weighted by Crippen LogP contribution is 2.27. The van der Waals surface area contributed by atoms with E-state index in [0.717, 1.165) is 21.5 Å². The van der Waals surface area contributed by atoms with Crippen LogP contribution < -0.4 is 15.4 Å². The van der Waals surface area contributed by atoms with Crippen LogP contribution in [-0.2, 0) is 11.3 Å². The second kappa shape index (κ2) is 7.69. The zero-order valence-electron chi connectivity index (χ0n) is 11.7. The van der Waals surface area contributed by atoms with Crippen molar-refractivity contribution in [2.45, 2.75) is 6.54 Å². The first-order valence-electron chi connectivity index (χ1n) is 6.57. The minimum Gasteiger partial charge on any atom is -0.496 e. The number of hydrogen-bond donors (Lipinski definition) is 2. The maximum Gasteiger partial charge on any atom is 0.239 e. The van der Waals surface area contributed by atoms with Gasteiger partial charge in [-0.15, -0.1) is 0 Å². The molecule has 0 aliphatic carbocycles. The standard InChI is InChI=1S/C16H17BrN2O2/c1-21-15-8-7-13(9-14(15)17)18-11-16(20)19-10-12-5-3-2-4-6-12/h2-9,18H,10-11H2,1H3,(H,19,20). The topological polar surface area (TPSA) is 50.4 Å². The monoisotopic (exact) mass is 348 g/mol. The summed E-state index contributed by atoms with van der Waals surface area (Å²) in [6, 6.07) is 15.4. The number of hydrogen-bond acceptors (Lipinski definition) is 3. The number of ether oxygens (including phenoxy) is 1. The number of halogens is 1. The molecule has 5 heteroatoms. The third kappa shape index (κ3) is 4.79. The van der Waals surface area contributed by atoms with Gasteiger partial charge in [-0.3, -0.25) is 4.79 Å². The van der Waals surface area contributed by atoms with Crippen molar-refractivity contribution in [2.75, 3.05) is 19.0 Å². The van der Waals surface area contributed by atoms with Crippen LogP contribution in [0.4, 0.5) is 5.69 Å². The van der Waals surface area contributed by atoms with E-state index in [1.54, 1.807) is 7.11 Å². The maximum atomic E-state index is 11.8. The van der Waals surface area contributed by atoms with E-state index in [1.165, 1.54) is 0 Å². The fourth-order valence-corrected chi connectivity index (χ4v) is 2.36. The molecular formula is C16H17BrN2O2. The summed E-state index contributed by atoms with van der Waals surface area (Å²) in [6.45, 7) is 0.763. The molecule has 2 aromatic carbocycles. The number of anilines is 1. The summed E-state index contributed by atoms with van der Waals surface area (Å²) in [4.78, 5) is 11.8. The van der Waals surface area contributed by atoms with Gasteiger partial charge in [0.25, 0.3) is 0 Å². The SMILES string of the molecule is COc1ccc(NCC(=O)NCc2ccccc2)cc1Br. The average molecular weight is 349 g/mol. The molecule has 0 heterocycles. The van der Waals surface area contributed by atoms with Crippen molar-refractivity contribution < 1.29 is 9.53 Å². The van der Waals surface area contributed by atoms with Gasteiger partial charge in [0, 0.05) is 12.2 Å². The fraction of sp³-hybridized carbons (Fsp3) is 0.188. The minimum absolute atomic E-state index is 0.0502. The lowest BCUT2D eigenvalue weighted by Crippen LogP contribution is -2.29. The normalized spacial score (nSPS) is 10.0. The summed E-state index contributed by atoms with van der Waals surface area (Å²) in [5.74, 6) is 0.708. The highest BCUT2D eigenvalue weighted by atomic mass is 79.9. The highest BCUT2D eigenvalue weighted by Gasteiger charge is 2.04. The van der Waals surface area contributed by atoms with Crippen LogP contribution in [0.15, 0.2) is 53.0 Å². The molecule has 110 valence electrons. The van der Waals surface area contributed by atoms with Gasteiger partial charge in [-0.05, 0) is 39.7 Å². The Labute approximate surface area is 132 Å². The molecule has 2 N–H and O–H groups in total. The highest BCUT2D eigenvalue weighted by molar-refractivity contribution is 9.10. The number of carbonyl (C=O) groups is 1. The van der Waals surface area contributed by atoms with E-state index in [1.807, 2.05) is 48.5 Å². The molecule has 21 heavy (non-hydrogen) atoms. The quantitative estimate of drug-likeness (QED) is 0.842. The molecule has 0 spiro atoms. The van der Waals surface area contributed by atoms with Crippen molar-refractivity contribution in [1.82, 2.24) is 5.32 Å². The van der Waals surface area contributed by atoms with Gasteiger partial charge in [0.15, 0.2) is 0 Å². The molecule has 2 aromatic rings. The lowest BCUT2D eigenvalue weighted by atomic mass is 10.2. The Balaban J connectivity index is 1.80. The molecule has 2 rings (SSSR count). The second-order valence-electron chi connectivity index (χ2n) is 4.47. The fourth-order valence-electron chi connectivity index (χ4n) is 1.82. The van der Waals surface area contributed by atoms with E-state index < -0.39 is 0 Å². The molecule has 0 aromatic heterocycles. The predicted molar refractivity (Wildman–Crippen MR) is 87.5 cm³/mol. The van der Waals surface area contributed by atoms with Crippen LogP contribution in [0.2, 0.25) is 0 Å². The van der Waals surface area contributed by atoms with E-state index in [9.17, 15) is 4.79 Å². The van der Waals surface area contributed by atoms with Crippen molar-refractivity contribution in [3.63, 3.8) is 0 Å². The van der Waals surface area contributed by atoms with Gasteiger partial charge >= 0.3 is 0 Å². The number of nitrogens with one attached hydrogen (secondary N) is 2. The minimum atomic E-state index is -0.0502. The third-order valence-electron chi connectivity index (χ3n) is 2.94. The molecule has 0 saturated carbocycles. The Bertz CT molecular complexity index is 602. The molecule has 0 saturated heterocycles. The molecule has 0 radical (unpaired) electrons. The van der Waals surface area contributed by atoms with Gasteiger partial charge in [-0.1, -0.05) is 30.3 Å². The molecule has 0 atom stereocenters. The van der Waals surface area contributed by atoms with Crippen LogP contribution in [0.5, 0.6) is 5.75 Å². The van der Waals surface area contributed by atoms with Gasteiger partial charge in [0.1, 0.15) is 5.75 Å².